The van der Waals surface area contributed by atoms with Crippen LogP contribution in [0.15, 0.2) is 98.5 Å². The molecule has 4 heterocycles. The van der Waals surface area contributed by atoms with Gasteiger partial charge in [-0.05, 0) is 89.1 Å². The van der Waals surface area contributed by atoms with E-state index < -0.39 is 11.9 Å². The van der Waals surface area contributed by atoms with Crippen LogP contribution >= 0.6 is 0 Å². The number of aromatic nitrogens is 10. The summed E-state index contributed by atoms with van der Waals surface area (Å²) in [6, 6.07) is 11.7. The Balaban J connectivity index is 0.000000214. The normalized spacial score (nSPS) is 11.1. The second-order valence-electron chi connectivity index (χ2n) is 12.8. The topological polar surface area (TPSA) is 184 Å². The predicted octanol–water partition coefficient (Wildman–Crippen LogP) is 6.09. The van der Waals surface area contributed by atoms with Gasteiger partial charge >= 0.3 is 11.9 Å². The smallest absolute Gasteiger partial charge is 0.332 e. The molecule has 0 amide bonds. The SMILES string of the molecule is Cc1cc(OC(C)C)cc(-c2ncn(/C=C\C(=O)OCc3cnccn3)n2)c1.Cc1cc(OC(C)C)cc(-c2ncn(/C=C\C(=O)OCc3cncnc3)n2)c1. The quantitative estimate of drug-likeness (QED) is 0.0918. The molecule has 16 nitrogen and oxygen atoms in total. The van der Waals surface area contributed by atoms with Crippen LogP contribution in [0.1, 0.15) is 50.1 Å². The van der Waals surface area contributed by atoms with Crippen LogP contribution in [-0.2, 0) is 32.3 Å². The molecule has 2 aromatic carbocycles. The molecular weight excluding hydrogens is 717 g/mol. The van der Waals surface area contributed by atoms with Crippen LogP contribution in [0.4, 0.5) is 0 Å². The van der Waals surface area contributed by atoms with Gasteiger partial charge in [0.2, 0.25) is 0 Å². The number of esters is 2. The van der Waals surface area contributed by atoms with Crippen molar-refractivity contribution in [2.24, 2.45) is 0 Å². The number of carbonyl (C=O) groups excluding carboxylic acids is 2. The number of ether oxygens (including phenoxy) is 4. The van der Waals surface area contributed by atoms with Crippen LogP contribution in [0.3, 0.4) is 0 Å². The summed E-state index contributed by atoms with van der Waals surface area (Å²) >= 11 is 0. The van der Waals surface area contributed by atoms with Gasteiger partial charge in [0.15, 0.2) is 11.6 Å². The van der Waals surface area contributed by atoms with Crippen molar-refractivity contribution in [3.63, 3.8) is 0 Å². The van der Waals surface area contributed by atoms with E-state index in [0.29, 0.717) is 22.9 Å². The van der Waals surface area contributed by atoms with Crippen LogP contribution in [-0.4, -0.2) is 73.6 Å². The molecule has 0 aliphatic heterocycles. The molecule has 0 aliphatic carbocycles. The first kappa shape index (κ1) is 40.1. The van der Waals surface area contributed by atoms with Crippen molar-refractivity contribution in [3.05, 3.63) is 121 Å². The Morgan fingerprint density at radius 1 is 0.643 bits per heavy atom. The minimum Gasteiger partial charge on any atom is -0.491 e. The predicted molar refractivity (Wildman–Crippen MR) is 206 cm³/mol. The summed E-state index contributed by atoms with van der Waals surface area (Å²) in [5.41, 5.74) is 5.07. The highest BCUT2D eigenvalue weighted by Gasteiger charge is 2.10. The molecule has 288 valence electrons. The molecule has 56 heavy (non-hydrogen) atoms. The van der Waals surface area contributed by atoms with E-state index in [1.54, 1.807) is 31.0 Å². The third-order valence-corrected chi connectivity index (χ3v) is 7.08. The standard InChI is InChI=1S/2C20H21N5O3/c1-14(2)28-18-9-15(3)8-16(10-18)20-23-13-25(24-20)7-4-19(26)27-12-17-11-21-5-6-22-17;1-14(2)28-18-7-15(3)6-17(8-18)20-23-13-25(24-20)5-4-19(26)27-11-16-9-21-12-22-10-16/h4-11,13-14H,12H2,1-3H3;4-10,12-14H,11H2,1-3H3/b7-4-;5-4-. The fourth-order valence-electron chi connectivity index (χ4n) is 4.87. The van der Waals surface area contributed by atoms with Crippen molar-refractivity contribution in [2.75, 3.05) is 0 Å². The van der Waals surface area contributed by atoms with Gasteiger partial charge in [-0.15, -0.1) is 10.2 Å². The van der Waals surface area contributed by atoms with Gasteiger partial charge in [-0.25, -0.2) is 38.9 Å². The third kappa shape index (κ3) is 13.1. The first-order valence-electron chi connectivity index (χ1n) is 17.6. The second-order valence-corrected chi connectivity index (χ2v) is 12.8. The molecule has 0 spiro atoms. The molecule has 0 bridgehead atoms. The molecule has 16 heteroatoms. The van der Waals surface area contributed by atoms with Crippen molar-refractivity contribution in [3.8, 4) is 34.3 Å². The Morgan fingerprint density at radius 3 is 1.64 bits per heavy atom. The average Bonchev–Trinajstić information content (AvgIpc) is 3.85. The Kier molecular flexibility index (Phi) is 14.2. The Morgan fingerprint density at radius 2 is 1.16 bits per heavy atom. The zero-order valence-corrected chi connectivity index (χ0v) is 31.9. The molecule has 0 radical (unpaired) electrons. The number of nitrogens with zero attached hydrogens (tertiary/aromatic N) is 10. The van der Waals surface area contributed by atoms with Crippen molar-refractivity contribution < 1.29 is 28.5 Å². The van der Waals surface area contributed by atoms with E-state index in [-0.39, 0.29) is 25.4 Å². The van der Waals surface area contributed by atoms with Crippen molar-refractivity contribution in [1.29, 1.82) is 0 Å². The fraction of sp³-hybridized carbons (Fsp3) is 0.250. The first-order chi connectivity index (χ1) is 27.0. The lowest BCUT2D eigenvalue weighted by molar-refractivity contribution is -0.139. The highest BCUT2D eigenvalue weighted by atomic mass is 16.5. The van der Waals surface area contributed by atoms with Gasteiger partial charge in [0, 0.05) is 66.0 Å². The molecule has 0 saturated heterocycles. The average molecular weight is 759 g/mol. The second kappa shape index (κ2) is 19.8. The van der Waals surface area contributed by atoms with E-state index in [1.165, 1.54) is 52.9 Å². The molecule has 6 rings (SSSR count). The molecule has 6 aromatic rings. The highest BCUT2D eigenvalue weighted by molar-refractivity contribution is 5.85. The van der Waals surface area contributed by atoms with E-state index in [9.17, 15) is 9.59 Å². The van der Waals surface area contributed by atoms with Gasteiger partial charge in [0.05, 0.1) is 24.1 Å². The summed E-state index contributed by atoms with van der Waals surface area (Å²) in [6.45, 7) is 12.0. The lowest BCUT2D eigenvalue weighted by Gasteiger charge is -2.11. The number of aryl methyl sites for hydroxylation is 2. The van der Waals surface area contributed by atoms with Crippen molar-refractivity contribution in [2.45, 2.75) is 67.0 Å². The van der Waals surface area contributed by atoms with E-state index in [0.717, 1.165) is 33.8 Å². The lowest BCUT2D eigenvalue weighted by Crippen LogP contribution is -2.05. The summed E-state index contributed by atoms with van der Waals surface area (Å²) in [4.78, 5) is 47.9. The zero-order valence-electron chi connectivity index (χ0n) is 31.9. The summed E-state index contributed by atoms with van der Waals surface area (Å²) in [5.74, 6) is 1.61. The maximum absolute atomic E-state index is 11.8. The fourth-order valence-corrected chi connectivity index (χ4v) is 4.87. The molecule has 0 atom stereocenters. The van der Waals surface area contributed by atoms with Gasteiger partial charge < -0.3 is 18.9 Å². The van der Waals surface area contributed by atoms with Gasteiger partial charge in [-0.3, -0.25) is 9.97 Å². The number of rotatable bonds is 14. The molecule has 0 saturated carbocycles. The summed E-state index contributed by atoms with van der Waals surface area (Å²) in [6.07, 6.45) is 18.0. The van der Waals surface area contributed by atoms with E-state index in [4.69, 9.17) is 18.9 Å². The van der Waals surface area contributed by atoms with Crippen LogP contribution in [0, 0.1) is 13.8 Å². The van der Waals surface area contributed by atoms with Crippen molar-refractivity contribution >= 4 is 24.3 Å². The number of hydrogen-bond acceptors (Lipinski definition) is 14. The minimum absolute atomic E-state index is 0.0571. The van der Waals surface area contributed by atoms with Crippen molar-refractivity contribution in [1.82, 2.24) is 49.5 Å². The van der Waals surface area contributed by atoms with Crippen LogP contribution in [0.5, 0.6) is 11.5 Å². The van der Waals surface area contributed by atoms with E-state index in [1.807, 2.05) is 77.9 Å². The van der Waals surface area contributed by atoms with E-state index >= 15 is 0 Å². The van der Waals surface area contributed by atoms with Crippen LogP contribution in [0.2, 0.25) is 0 Å². The molecule has 0 aliphatic rings. The monoisotopic (exact) mass is 758 g/mol. The van der Waals surface area contributed by atoms with Gasteiger partial charge in [-0.1, -0.05) is 0 Å². The lowest BCUT2D eigenvalue weighted by atomic mass is 10.1. The van der Waals surface area contributed by atoms with Crippen LogP contribution < -0.4 is 9.47 Å². The summed E-state index contributed by atoms with van der Waals surface area (Å²) in [5, 5.41) is 8.73. The highest BCUT2D eigenvalue weighted by Crippen LogP contribution is 2.25. The molecule has 0 unspecified atom stereocenters. The van der Waals surface area contributed by atoms with Gasteiger partial charge in [0.1, 0.15) is 43.7 Å². The van der Waals surface area contributed by atoms with E-state index in [2.05, 4.69) is 40.1 Å². The van der Waals surface area contributed by atoms with Gasteiger partial charge in [-0.2, -0.15) is 0 Å². The molecule has 4 aromatic heterocycles. The molecule has 0 fully saturated rings. The number of carbonyl (C=O) groups is 2. The first-order valence-corrected chi connectivity index (χ1v) is 17.6. The Labute approximate surface area is 323 Å². The number of benzene rings is 2. The Bertz CT molecular complexity index is 2090. The third-order valence-electron chi connectivity index (χ3n) is 7.08. The van der Waals surface area contributed by atoms with Crippen LogP contribution in [0.25, 0.3) is 35.2 Å². The molecule has 0 N–H and O–H groups in total. The number of hydrogen-bond donors (Lipinski definition) is 0. The minimum atomic E-state index is -0.508. The largest absolute Gasteiger partial charge is 0.491 e. The zero-order chi connectivity index (χ0) is 39.9. The maximum atomic E-state index is 11.8. The summed E-state index contributed by atoms with van der Waals surface area (Å²) in [7, 11) is 0. The van der Waals surface area contributed by atoms with Gasteiger partial charge in [0.25, 0.3) is 0 Å². The summed E-state index contributed by atoms with van der Waals surface area (Å²) < 4.78 is 24.6. The maximum Gasteiger partial charge on any atom is 0.332 e. The Hall–Kier alpha value is -7.10. The molecular formula is C40H42N10O6.